The standard InChI is InChI=1S/C18H22O3/c1-13-5-8-17(18(11-13)19-4)21-10-9-20-16-7-6-14(2)15(3)12-16/h5-8,11-12H,9-10H2,1-4H3. The Morgan fingerprint density at radius 1 is 0.762 bits per heavy atom. The lowest BCUT2D eigenvalue weighted by atomic mass is 10.1. The van der Waals surface area contributed by atoms with Gasteiger partial charge in [0.2, 0.25) is 0 Å². The number of aryl methyl sites for hydroxylation is 3. The number of hydrogen-bond acceptors (Lipinski definition) is 3. The van der Waals surface area contributed by atoms with Crippen molar-refractivity contribution in [1.29, 1.82) is 0 Å². The van der Waals surface area contributed by atoms with E-state index in [1.54, 1.807) is 7.11 Å². The summed E-state index contributed by atoms with van der Waals surface area (Å²) >= 11 is 0. The molecule has 0 aliphatic carbocycles. The van der Waals surface area contributed by atoms with Crippen LogP contribution in [-0.2, 0) is 0 Å². The first-order chi connectivity index (χ1) is 10.1. The second-order valence-corrected chi connectivity index (χ2v) is 5.10. The summed E-state index contributed by atoms with van der Waals surface area (Å²) in [5.41, 5.74) is 3.64. The maximum atomic E-state index is 5.71. The van der Waals surface area contributed by atoms with Crippen molar-refractivity contribution in [3.05, 3.63) is 53.1 Å². The average Bonchev–Trinajstić information content (AvgIpc) is 2.48. The molecule has 0 radical (unpaired) electrons. The zero-order chi connectivity index (χ0) is 15.2. The maximum absolute atomic E-state index is 5.71. The van der Waals surface area contributed by atoms with Gasteiger partial charge < -0.3 is 14.2 Å². The van der Waals surface area contributed by atoms with E-state index in [1.807, 2.05) is 37.3 Å². The van der Waals surface area contributed by atoms with Crippen molar-refractivity contribution in [2.24, 2.45) is 0 Å². The van der Waals surface area contributed by atoms with Gasteiger partial charge in [0.1, 0.15) is 19.0 Å². The minimum Gasteiger partial charge on any atom is -0.493 e. The number of ether oxygens (including phenoxy) is 3. The molecule has 112 valence electrons. The molecule has 0 aliphatic heterocycles. The third-order valence-corrected chi connectivity index (χ3v) is 3.41. The van der Waals surface area contributed by atoms with E-state index in [2.05, 4.69) is 19.9 Å². The Hall–Kier alpha value is -2.16. The second kappa shape index (κ2) is 7.02. The normalized spacial score (nSPS) is 10.3. The Bertz CT molecular complexity index is 605. The van der Waals surface area contributed by atoms with Crippen molar-refractivity contribution < 1.29 is 14.2 Å². The Kier molecular flexibility index (Phi) is 5.09. The number of rotatable bonds is 6. The Morgan fingerprint density at radius 2 is 1.52 bits per heavy atom. The third-order valence-electron chi connectivity index (χ3n) is 3.41. The first kappa shape index (κ1) is 15.2. The van der Waals surface area contributed by atoms with Crippen LogP contribution >= 0.6 is 0 Å². The number of benzene rings is 2. The minimum absolute atomic E-state index is 0.479. The summed E-state index contributed by atoms with van der Waals surface area (Å²) in [6, 6.07) is 12.0. The molecule has 21 heavy (non-hydrogen) atoms. The van der Waals surface area contributed by atoms with Crippen LogP contribution in [0.3, 0.4) is 0 Å². The zero-order valence-electron chi connectivity index (χ0n) is 13.1. The van der Waals surface area contributed by atoms with E-state index < -0.39 is 0 Å². The van der Waals surface area contributed by atoms with Crippen LogP contribution in [0.15, 0.2) is 36.4 Å². The molecule has 3 heteroatoms. The lowest BCUT2D eigenvalue weighted by Crippen LogP contribution is -2.09. The van der Waals surface area contributed by atoms with Crippen LogP contribution in [0.5, 0.6) is 17.2 Å². The Balaban J connectivity index is 1.86. The van der Waals surface area contributed by atoms with Crippen molar-refractivity contribution in [1.82, 2.24) is 0 Å². The highest BCUT2D eigenvalue weighted by molar-refractivity contribution is 5.42. The van der Waals surface area contributed by atoms with Crippen molar-refractivity contribution >= 4 is 0 Å². The van der Waals surface area contributed by atoms with Gasteiger partial charge in [0.15, 0.2) is 11.5 Å². The van der Waals surface area contributed by atoms with E-state index >= 15 is 0 Å². The van der Waals surface area contributed by atoms with Gasteiger partial charge >= 0.3 is 0 Å². The molecule has 2 aromatic rings. The summed E-state index contributed by atoms with van der Waals surface area (Å²) in [5, 5.41) is 0. The van der Waals surface area contributed by atoms with Gasteiger partial charge in [-0.2, -0.15) is 0 Å². The molecule has 0 heterocycles. The van der Waals surface area contributed by atoms with Crippen molar-refractivity contribution in [3.63, 3.8) is 0 Å². The van der Waals surface area contributed by atoms with Gasteiger partial charge in [-0.1, -0.05) is 12.1 Å². The van der Waals surface area contributed by atoms with Crippen LogP contribution < -0.4 is 14.2 Å². The summed E-state index contributed by atoms with van der Waals surface area (Å²) in [6.07, 6.45) is 0. The molecule has 2 aromatic carbocycles. The maximum Gasteiger partial charge on any atom is 0.161 e. The molecule has 0 N–H and O–H groups in total. The molecule has 0 saturated heterocycles. The van der Waals surface area contributed by atoms with E-state index in [9.17, 15) is 0 Å². The van der Waals surface area contributed by atoms with E-state index in [0.29, 0.717) is 13.2 Å². The Labute approximate surface area is 126 Å². The summed E-state index contributed by atoms with van der Waals surface area (Å²) < 4.78 is 16.7. The topological polar surface area (TPSA) is 27.7 Å². The van der Waals surface area contributed by atoms with Crippen LogP contribution in [0.1, 0.15) is 16.7 Å². The van der Waals surface area contributed by atoms with E-state index in [0.717, 1.165) is 22.8 Å². The second-order valence-electron chi connectivity index (χ2n) is 5.10. The molecule has 3 nitrogen and oxygen atoms in total. The summed E-state index contributed by atoms with van der Waals surface area (Å²) in [5.74, 6) is 2.37. The zero-order valence-corrected chi connectivity index (χ0v) is 13.1. The van der Waals surface area contributed by atoms with Gasteiger partial charge in [0, 0.05) is 0 Å². The fourth-order valence-corrected chi connectivity index (χ4v) is 2.01. The lowest BCUT2D eigenvalue weighted by Gasteiger charge is -2.12. The van der Waals surface area contributed by atoms with Crippen LogP contribution in [-0.4, -0.2) is 20.3 Å². The highest BCUT2D eigenvalue weighted by Crippen LogP contribution is 2.27. The highest BCUT2D eigenvalue weighted by atomic mass is 16.5. The molecular formula is C18H22O3. The van der Waals surface area contributed by atoms with Gasteiger partial charge in [-0.05, 0) is 61.7 Å². The smallest absolute Gasteiger partial charge is 0.161 e. The fourth-order valence-electron chi connectivity index (χ4n) is 2.01. The van der Waals surface area contributed by atoms with Gasteiger partial charge in [0.25, 0.3) is 0 Å². The molecule has 0 saturated carbocycles. The van der Waals surface area contributed by atoms with Crippen molar-refractivity contribution in [2.75, 3.05) is 20.3 Å². The largest absolute Gasteiger partial charge is 0.493 e. The van der Waals surface area contributed by atoms with Gasteiger partial charge in [0.05, 0.1) is 7.11 Å². The molecule has 0 bridgehead atoms. The highest BCUT2D eigenvalue weighted by Gasteiger charge is 2.04. The minimum atomic E-state index is 0.479. The molecule has 0 amide bonds. The molecule has 0 fully saturated rings. The van der Waals surface area contributed by atoms with Crippen LogP contribution in [0.4, 0.5) is 0 Å². The summed E-state index contributed by atoms with van der Waals surface area (Å²) in [4.78, 5) is 0. The first-order valence-electron chi connectivity index (χ1n) is 7.07. The molecule has 0 atom stereocenters. The molecule has 2 rings (SSSR count). The van der Waals surface area contributed by atoms with Gasteiger partial charge in [-0.25, -0.2) is 0 Å². The number of hydrogen-bond donors (Lipinski definition) is 0. The number of methoxy groups -OCH3 is 1. The van der Waals surface area contributed by atoms with Gasteiger partial charge in [-0.15, -0.1) is 0 Å². The monoisotopic (exact) mass is 286 g/mol. The van der Waals surface area contributed by atoms with E-state index in [1.165, 1.54) is 11.1 Å². The molecular weight excluding hydrogens is 264 g/mol. The van der Waals surface area contributed by atoms with E-state index in [-0.39, 0.29) is 0 Å². The average molecular weight is 286 g/mol. The SMILES string of the molecule is COc1cc(C)ccc1OCCOc1ccc(C)c(C)c1. The lowest BCUT2D eigenvalue weighted by molar-refractivity contribution is 0.211. The predicted molar refractivity (Wildman–Crippen MR) is 84.6 cm³/mol. The molecule has 0 unspecified atom stereocenters. The third kappa shape index (κ3) is 4.15. The quantitative estimate of drug-likeness (QED) is 0.749. The van der Waals surface area contributed by atoms with Crippen LogP contribution in [0.2, 0.25) is 0 Å². The van der Waals surface area contributed by atoms with E-state index in [4.69, 9.17) is 14.2 Å². The van der Waals surface area contributed by atoms with Gasteiger partial charge in [-0.3, -0.25) is 0 Å². The summed E-state index contributed by atoms with van der Waals surface area (Å²) in [6.45, 7) is 7.17. The fraction of sp³-hybridized carbons (Fsp3) is 0.333. The van der Waals surface area contributed by atoms with Crippen LogP contribution in [0.25, 0.3) is 0 Å². The Morgan fingerprint density at radius 3 is 2.24 bits per heavy atom. The molecule has 0 aliphatic rings. The van der Waals surface area contributed by atoms with Crippen LogP contribution in [0, 0.1) is 20.8 Å². The summed E-state index contributed by atoms with van der Waals surface area (Å²) in [7, 11) is 1.65. The molecule has 0 aromatic heterocycles. The predicted octanol–water partition coefficient (Wildman–Crippen LogP) is 4.08. The first-order valence-corrected chi connectivity index (χ1v) is 7.07. The van der Waals surface area contributed by atoms with Crippen molar-refractivity contribution in [2.45, 2.75) is 20.8 Å². The molecule has 0 spiro atoms. The van der Waals surface area contributed by atoms with Crippen molar-refractivity contribution in [3.8, 4) is 17.2 Å².